The van der Waals surface area contributed by atoms with Crippen molar-refractivity contribution in [1.29, 1.82) is 0 Å². The van der Waals surface area contributed by atoms with Gasteiger partial charge in [-0.3, -0.25) is 25.2 Å². The zero-order valence-corrected chi connectivity index (χ0v) is 18.0. The summed E-state index contributed by atoms with van der Waals surface area (Å²) in [6.07, 6.45) is 6.34. The van der Waals surface area contributed by atoms with Crippen molar-refractivity contribution in [3.63, 3.8) is 0 Å². The van der Waals surface area contributed by atoms with Crippen LogP contribution < -0.4 is 15.6 Å². The third-order valence-electron chi connectivity index (χ3n) is 7.03. The normalized spacial score (nSPS) is 27.2. The van der Waals surface area contributed by atoms with Gasteiger partial charge in [0.2, 0.25) is 5.91 Å². The minimum Gasteiger partial charge on any atom is -0.490 e. The van der Waals surface area contributed by atoms with Crippen LogP contribution in [0.5, 0.6) is 5.75 Å². The second kappa shape index (κ2) is 8.73. The van der Waals surface area contributed by atoms with Crippen molar-refractivity contribution >= 4 is 17.8 Å². The predicted octanol–water partition coefficient (Wildman–Crippen LogP) is 3.46. The minimum atomic E-state index is -0.949. The first-order valence-corrected chi connectivity index (χ1v) is 11.1. The number of nitrogens with one attached hydrogen (secondary N) is 2. The van der Waals surface area contributed by atoms with Crippen molar-refractivity contribution in [3.8, 4) is 5.75 Å². The molecule has 3 fully saturated rings. The molecule has 3 aliphatic rings. The largest absolute Gasteiger partial charge is 0.490 e. The fourth-order valence-corrected chi connectivity index (χ4v) is 5.76. The molecule has 1 aromatic carbocycles. The molecule has 3 N–H and O–H groups in total. The zero-order chi connectivity index (χ0) is 22.1. The van der Waals surface area contributed by atoms with Gasteiger partial charge in [-0.05, 0) is 88.5 Å². The lowest BCUT2D eigenvalue weighted by Gasteiger charge is -2.26. The third-order valence-corrected chi connectivity index (χ3v) is 7.03. The average molecular weight is 427 g/mol. The standard InChI is InChI=1S/C24H30N2O5/c1-13(2)19-17-11-12-18(19)21(24(29)30)20(17)23(28)26-25-22(27)14-7-9-16(10-8-14)31-15-5-3-4-6-15/h7-10,15,17-18,20-21H,3-6,11-12H2,1-2H3,(H,25,27)(H,26,28)(H,29,30)/t17-,18+,20-,21+/m1/s1. The summed E-state index contributed by atoms with van der Waals surface area (Å²) < 4.78 is 5.91. The lowest BCUT2D eigenvalue weighted by atomic mass is 9.79. The second-order valence-corrected chi connectivity index (χ2v) is 9.13. The van der Waals surface area contributed by atoms with Crippen LogP contribution >= 0.6 is 0 Å². The number of aliphatic carboxylic acids is 1. The highest BCUT2D eigenvalue weighted by Crippen LogP contribution is 2.57. The van der Waals surface area contributed by atoms with Crippen LogP contribution in [0.15, 0.2) is 35.4 Å². The molecule has 2 amide bonds. The molecule has 3 saturated carbocycles. The smallest absolute Gasteiger partial charge is 0.307 e. The molecular formula is C24H30N2O5. The van der Waals surface area contributed by atoms with Crippen LogP contribution in [0.4, 0.5) is 0 Å². The highest BCUT2D eigenvalue weighted by molar-refractivity contribution is 5.96. The number of ether oxygens (including phenoxy) is 1. The molecule has 7 heteroatoms. The molecule has 1 aromatic rings. The van der Waals surface area contributed by atoms with Crippen LogP contribution in [0, 0.1) is 23.7 Å². The number of rotatable bonds is 5. The van der Waals surface area contributed by atoms with E-state index in [0.717, 1.165) is 42.6 Å². The number of hydrazine groups is 1. The SMILES string of the molecule is CC(C)=C1[C@H]2CC[C@@H]1[C@H](C(=O)O)[C@@H]2C(=O)NNC(=O)c1ccc(OC2CCCC2)cc1. The molecule has 0 aromatic heterocycles. The molecule has 4 rings (SSSR count). The first-order chi connectivity index (χ1) is 14.9. The van der Waals surface area contributed by atoms with Crippen molar-refractivity contribution in [1.82, 2.24) is 10.9 Å². The van der Waals surface area contributed by atoms with E-state index in [-0.39, 0.29) is 17.9 Å². The number of carbonyl (C=O) groups is 3. The molecule has 4 atom stereocenters. The maximum atomic E-state index is 12.9. The highest BCUT2D eigenvalue weighted by Gasteiger charge is 2.57. The lowest BCUT2D eigenvalue weighted by molar-refractivity contribution is -0.149. The summed E-state index contributed by atoms with van der Waals surface area (Å²) in [5.74, 6) is -2.67. The van der Waals surface area contributed by atoms with Crippen molar-refractivity contribution in [2.75, 3.05) is 0 Å². The summed E-state index contributed by atoms with van der Waals surface area (Å²) in [5, 5.41) is 9.74. The summed E-state index contributed by atoms with van der Waals surface area (Å²) in [6.45, 7) is 3.95. The lowest BCUT2D eigenvalue weighted by Crippen LogP contribution is -2.48. The Morgan fingerprint density at radius 3 is 2.10 bits per heavy atom. The maximum Gasteiger partial charge on any atom is 0.307 e. The summed E-state index contributed by atoms with van der Waals surface area (Å²) in [4.78, 5) is 37.2. The number of benzene rings is 1. The Balaban J connectivity index is 1.37. The van der Waals surface area contributed by atoms with Gasteiger partial charge in [0.25, 0.3) is 5.91 Å². The van der Waals surface area contributed by atoms with Crippen molar-refractivity contribution < 1.29 is 24.2 Å². The van der Waals surface area contributed by atoms with Crippen LogP contribution in [0.2, 0.25) is 0 Å². The first-order valence-electron chi connectivity index (χ1n) is 11.1. The number of hydrogen-bond acceptors (Lipinski definition) is 4. The van der Waals surface area contributed by atoms with Gasteiger partial charge in [-0.15, -0.1) is 0 Å². The Morgan fingerprint density at radius 2 is 1.52 bits per heavy atom. The number of carboxylic acids is 1. The number of hydrogen-bond donors (Lipinski definition) is 3. The molecule has 2 bridgehead atoms. The third kappa shape index (κ3) is 4.18. The van der Waals surface area contributed by atoms with Crippen LogP contribution in [0.25, 0.3) is 0 Å². The van der Waals surface area contributed by atoms with Gasteiger partial charge in [0.15, 0.2) is 0 Å². The Morgan fingerprint density at radius 1 is 0.903 bits per heavy atom. The van der Waals surface area contributed by atoms with E-state index in [2.05, 4.69) is 10.9 Å². The van der Waals surface area contributed by atoms with E-state index in [1.165, 1.54) is 12.8 Å². The fourth-order valence-electron chi connectivity index (χ4n) is 5.76. The van der Waals surface area contributed by atoms with E-state index in [1.807, 2.05) is 13.8 Å². The number of allylic oxidation sites excluding steroid dienone is 2. The predicted molar refractivity (Wildman–Crippen MR) is 114 cm³/mol. The summed E-state index contributed by atoms with van der Waals surface area (Å²) in [5.41, 5.74) is 7.51. The summed E-state index contributed by atoms with van der Waals surface area (Å²) >= 11 is 0. The average Bonchev–Trinajstić information content (AvgIpc) is 3.47. The van der Waals surface area contributed by atoms with Gasteiger partial charge in [-0.1, -0.05) is 11.1 Å². The van der Waals surface area contributed by atoms with Gasteiger partial charge in [0.1, 0.15) is 5.75 Å². The summed E-state index contributed by atoms with van der Waals surface area (Å²) in [6, 6.07) is 6.83. The van der Waals surface area contributed by atoms with Gasteiger partial charge in [0.05, 0.1) is 17.9 Å². The van der Waals surface area contributed by atoms with E-state index >= 15 is 0 Å². The summed E-state index contributed by atoms with van der Waals surface area (Å²) in [7, 11) is 0. The molecule has 0 heterocycles. The number of fused-ring (bicyclic) bond motifs is 2. The van der Waals surface area contributed by atoms with Crippen LogP contribution in [0.3, 0.4) is 0 Å². The first kappa shape index (κ1) is 21.4. The monoisotopic (exact) mass is 426 g/mol. The van der Waals surface area contributed by atoms with Crippen LogP contribution in [-0.2, 0) is 9.59 Å². The quantitative estimate of drug-likeness (QED) is 0.494. The molecule has 0 aliphatic heterocycles. The molecule has 0 spiro atoms. The fraction of sp³-hybridized carbons (Fsp3) is 0.542. The van der Waals surface area contributed by atoms with Crippen molar-refractivity contribution in [3.05, 3.63) is 41.0 Å². The Bertz CT molecular complexity index is 897. The van der Waals surface area contributed by atoms with E-state index < -0.39 is 29.6 Å². The van der Waals surface area contributed by atoms with Crippen LogP contribution in [0.1, 0.15) is 62.7 Å². The van der Waals surface area contributed by atoms with Gasteiger partial charge >= 0.3 is 5.97 Å². The van der Waals surface area contributed by atoms with E-state index in [1.54, 1.807) is 24.3 Å². The molecule has 0 saturated heterocycles. The highest BCUT2D eigenvalue weighted by atomic mass is 16.5. The van der Waals surface area contributed by atoms with Gasteiger partial charge < -0.3 is 9.84 Å². The molecule has 31 heavy (non-hydrogen) atoms. The van der Waals surface area contributed by atoms with Crippen LogP contribution in [-0.4, -0.2) is 29.0 Å². The molecule has 0 unspecified atom stereocenters. The van der Waals surface area contributed by atoms with E-state index in [0.29, 0.717) is 5.56 Å². The zero-order valence-electron chi connectivity index (χ0n) is 18.0. The number of amides is 2. The Kier molecular flexibility index (Phi) is 6.03. The van der Waals surface area contributed by atoms with Gasteiger partial charge in [-0.2, -0.15) is 0 Å². The molecule has 7 nitrogen and oxygen atoms in total. The Labute approximate surface area is 182 Å². The van der Waals surface area contributed by atoms with Crippen molar-refractivity contribution in [2.45, 2.75) is 58.5 Å². The van der Waals surface area contributed by atoms with Crippen molar-refractivity contribution in [2.24, 2.45) is 23.7 Å². The Hall–Kier alpha value is -2.83. The van der Waals surface area contributed by atoms with Gasteiger partial charge in [0, 0.05) is 5.56 Å². The topological polar surface area (TPSA) is 105 Å². The second-order valence-electron chi connectivity index (χ2n) is 9.13. The molecule has 3 aliphatic carbocycles. The number of carbonyl (C=O) groups excluding carboxylic acids is 2. The van der Waals surface area contributed by atoms with E-state index in [9.17, 15) is 19.5 Å². The van der Waals surface area contributed by atoms with E-state index in [4.69, 9.17) is 4.74 Å². The molecular weight excluding hydrogens is 396 g/mol. The molecule has 166 valence electrons. The van der Waals surface area contributed by atoms with Gasteiger partial charge in [-0.25, -0.2) is 0 Å². The maximum absolute atomic E-state index is 12.9. The number of carboxylic acid groups (broad SMARTS) is 1. The molecule has 0 radical (unpaired) electrons. The minimum absolute atomic E-state index is 0.0694.